The van der Waals surface area contributed by atoms with Crippen LogP contribution in [0.3, 0.4) is 0 Å². The molecule has 47 heavy (non-hydrogen) atoms. The highest BCUT2D eigenvalue weighted by Crippen LogP contribution is 2.25. The van der Waals surface area contributed by atoms with E-state index in [1.807, 2.05) is 0 Å². The summed E-state index contributed by atoms with van der Waals surface area (Å²) in [6.07, 6.45) is 19.5. The van der Waals surface area contributed by atoms with E-state index < -0.39 is 29.4 Å². The van der Waals surface area contributed by atoms with Gasteiger partial charge in [0.2, 0.25) is 11.8 Å². The lowest BCUT2D eigenvalue weighted by Crippen LogP contribution is -2.49. The third-order valence-corrected chi connectivity index (χ3v) is 7.63. The van der Waals surface area contributed by atoms with Crippen molar-refractivity contribution in [3.05, 3.63) is 36.4 Å². The first kappa shape index (κ1) is 41.3. The number of hydrogen-bond donors (Lipinski definition) is 3. The monoisotopic (exact) mass is 657 g/mol. The van der Waals surface area contributed by atoms with Gasteiger partial charge in [0.1, 0.15) is 6.61 Å². The third kappa shape index (κ3) is 20.9. The second-order valence-corrected chi connectivity index (χ2v) is 12.8. The minimum atomic E-state index is -1.21. The minimum absolute atomic E-state index is 0.00153. The van der Waals surface area contributed by atoms with Crippen LogP contribution in [-0.2, 0) is 33.4 Å². The van der Waals surface area contributed by atoms with Crippen LogP contribution in [0.4, 0.5) is 11.4 Å². The second-order valence-electron chi connectivity index (χ2n) is 12.8. The second kappa shape index (κ2) is 24.5. The minimum Gasteiger partial charge on any atom is -0.465 e. The average Bonchev–Trinajstić information content (AvgIpc) is 3.00. The summed E-state index contributed by atoms with van der Waals surface area (Å²) in [7, 11) is 0. The Bertz CT molecular complexity index is 1130. The van der Waals surface area contributed by atoms with Gasteiger partial charge >= 0.3 is 11.9 Å². The third-order valence-electron chi connectivity index (χ3n) is 7.63. The Kier molecular flexibility index (Phi) is 21.5. The predicted octanol–water partition coefficient (Wildman–Crippen LogP) is 7.63. The SMILES string of the molecule is CCCCCCCC/C=C\CCCCCCCC(=O)Nc1cccc(NC(=O)CCNC(=O)C(OC(C)=O)C(C)(C)COC(C)=O)c1. The van der Waals surface area contributed by atoms with Gasteiger partial charge < -0.3 is 25.4 Å². The zero-order valence-electron chi connectivity index (χ0n) is 29.4. The maximum absolute atomic E-state index is 12.8. The van der Waals surface area contributed by atoms with Gasteiger partial charge in [0, 0.05) is 50.0 Å². The summed E-state index contributed by atoms with van der Waals surface area (Å²) in [5, 5.41) is 8.27. The van der Waals surface area contributed by atoms with E-state index in [1.54, 1.807) is 38.1 Å². The van der Waals surface area contributed by atoms with Gasteiger partial charge in [-0.15, -0.1) is 0 Å². The van der Waals surface area contributed by atoms with Crippen molar-refractivity contribution < 1.29 is 33.4 Å². The van der Waals surface area contributed by atoms with Crippen molar-refractivity contribution in [1.82, 2.24) is 5.32 Å². The van der Waals surface area contributed by atoms with Crippen LogP contribution < -0.4 is 16.0 Å². The van der Waals surface area contributed by atoms with E-state index in [0.717, 1.165) is 25.7 Å². The van der Waals surface area contributed by atoms with Gasteiger partial charge in [0.05, 0.1) is 0 Å². The Labute approximate surface area is 282 Å². The maximum atomic E-state index is 12.8. The van der Waals surface area contributed by atoms with Crippen molar-refractivity contribution in [3.63, 3.8) is 0 Å². The molecule has 0 aromatic heterocycles. The number of amides is 3. The van der Waals surface area contributed by atoms with E-state index in [0.29, 0.717) is 17.8 Å². The van der Waals surface area contributed by atoms with Crippen molar-refractivity contribution in [2.24, 2.45) is 5.41 Å². The van der Waals surface area contributed by atoms with Crippen LogP contribution >= 0.6 is 0 Å². The van der Waals surface area contributed by atoms with E-state index in [4.69, 9.17) is 9.47 Å². The lowest BCUT2D eigenvalue weighted by Gasteiger charge is -2.31. The molecule has 0 saturated carbocycles. The summed E-state index contributed by atoms with van der Waals surface area (Å²) < 4.78 is 10.2. The number of anilines is 2. The van der Waals surface area contributed by atoms with Gasteiger partial charge in [-0.25, -0.2) is 0 Å². The van der Waals surface area contributed by atoms with Crippen LogP contribution in [0.2, 0.25) is 0 Å². The quantitative estimate of drug-likeness (QED) is 0.0558. The largest absolute Gasteiger partial charge is 0.465 e. The van der Waals surface area contributed by atoms with E-state index in [2.05, 4.69) is 35.0 Å². The molecule has 10 nitrogen and oxygen atoms in total. The molecule has 264 valence electrons. The highest BCUT2D eigenvalue weighted by Gasteiger charge is 2.39. The molecule has 0 spiro atoms. The molecule has 0 aliphatic heterocycles. The highest BCUT2D eigenvalue weighted by molar-refractivity contribution is 5.94. The number of rotatable bonds is 25. The van der Waals surface area contributed by atoms with Crippen molar-refractivity contribution in [2.75, 3.05) is 23.8 Å². The molecule has 0 fully saturated rings. The number of allylic oxidation sites excluding steroid dienone is 2. The Hall–Kier alpha value is -3.69. The summed E-state index contributed by atoms with van der Waals surface area (Å²) >= 11 is 0. The van der Waals surface area contributed by atoms with Gasteiger partial charge in [-0.1, -0.05) is 90.4 Å². The molecule has 3 amide bonds. The van der Waals surface area contributed by atoms with Gasteiger partial charge in [0.25, 0.3) is 5.91 Å². The Morgan fingerprint density at radius 3 is 1.83 bits per heavy atom. The molecule has 1 atom stereocenters. The van der Waals surface area contributed by atoms with Crippen LogP contribution in [0.5, 0.6) is 0 Å². The Morgan fingerprint density at radius 1 is 0.745 bits per heavy atom. The van der Waals surface area contributed by atoms with Crippen LogP contribution in [0, 0.1) is 5.41 Å². The molecule has 10 heteroatoms. The van der Waals surface area contributed by atoms with Crippen molar-refractivity contribution in [1.29, 1.82) is 0 Å². The fourth-order valence-electron chi connectivity index (χ4n) is 4.97. The molecule has 1 aromatic rings. The van der Waals surface area contributed by atoms with Crippen molar-refractivity contribution in [2.45, 2.75) is 137 Å². The first-order valence-corrected chi connectivity index (χ1v) is 17.4. The molecule has 0 aliphatic carbocycles. The van der Waals surface area contributed by atoms with Gasteiger partial charge in [-0.3, -0.25) is 24.0 Å². The number of unbranched alkanes of at least 4 members (excludes halogenated alkanes) is 11. The molecule has 0 aliphatic rings. The normalized spacial score (nSPS) is 11.9. The van der Waals surface area contributed by atoms with Crippen LogP contribution in [0.15, 0.2) is 36.4 Å². The number of carbonyl (C=O) groups is 5. The van der Waals surface area contributed by atoms with E-state index in [1.165, 1.54) is 71.6 Å². The Morgan fingerprint density at radius 2 is 1.28 bits per heavy atom. The molecule has 1 aromatic carbocycles. The fourth-order valence-corrected chi connectivity index (χ4v) is 4.97. The van der Waals surface area contributed by atoms with Gasteiger partial charge in [-0.2, -0.15) is 0 Å². The number of benzene rings is 1. The fraction of sp³-hybridized carbons (Fsp3) is 0.649. The first-order chi connectivity index (χ1) is 22.4. The molecule has 1 rings (SSSR count). The summed E-state index contributed by atoms with van der Waals surface area (Å²) in [4.78, 5) is 60.6. The van der Waals surface area contributed by atoms with Crippen molar-refractivity contribution in [3.8, 4) is 0 Å². The van der Waals surface area contributed by atoms with E-state index in [-0.39, 0.29) is 31.4 Å². The molecule has 3 N–H and O–H groups in total. The predicted molar refractivity (Wildman–Crippen MR) is 187 cm³/mol. The Balaban J connectivity index is 2.31. The first-order valence-electron chi connectivity index (χ1n) is 17.4. The van der Waals surface area contributed by atoms with Gasteiger partial charge in [-0.05, 0) is 50.3 Å². The standard InChI is InChI=1S/C37H59N3O7/c1-6-7-8-9-10-11-12-13-14-15-16-17-18-19-20-24-33(43)39-31-22-21-23-32(27-31)40-34(44)25-26-38-36(45)35(47-30(3)42)37(4,5)28-46-29(2)41/h13-14,21-23,27,35H,6-12,15-20,24-26,28H2,1-5H3,(H,38,45)(H,39,43)(H,40,44)/b14-13-. The smallest absolute Gasteiger partial charge is 0.303 e. The molecular weight excluding hydrogens is 598 g/mol. The molecule has 0 heterocycles. The molecule has 0 radical (unpaired) electrons. The van der Waals surface area contributed by atoms with Crippen molar-refractivity contribution >= 4 is 41.0 Å². The van der Waals surface area contributed by atoms with Gasteiger partial charge in [0.15, 0.2) is 6.10 Å². The zero-order valence-corrected chi connectivity index (χ0v) is 29.4. The number of esters is 2. The lowest BCUT2D eigenvalue weighted by molar-refractivity contribution is -0.166. The summed E-state index contributed by atoms with van der Waals surface area (Å²) in [6, 6.07) is 6.90. The van der Waals surface area contributed by atoms with Crippen LogP contribution in [0.1, 0.15) is 131 Å². The molecule has 0 bridgehead atoms. The zero-order chi connectivity index (χ0) is 34.9. The number of hydrogen-bond acceptors (Lipinski definition) is 7. The van der Waals surface area contributed by atoms with Crippen LogP contribution in [0.25, 0.3) is 0 Å². The molecule has 1 unspecified atom stereocenters. The number of carbonyl (C=O) groups excluding carboxylic acids is 5. The summed E-state index contributed by atoms with van der Waals surface area (Å²) in [5.74, 6) is -2.17. The average molecular weight is 658 g/mol. The topological polar surface area (TPSA) is 140 Å². The maximum Gasteiger partial charge on any atom is 0.303 e. The number of ether oxygens (including phenoxy) is 2. The van der Waals surface area contributed by atoms with E-state index in [9.17, 15) is 24.0 Å². The summed E-state index contributed by atoms with van der Waals surface area (Å²) in [5.41, 5.74) is 0.118. The molecular formula is C37H59N3O7. The van der Waals surface area contributed by atoms with E-state index >= 15 is 0 Å². The highest BCUT2D eigenvalue weighted by atomic mass is 16.6. The van der Waals surface area contributed by atoms with Crippen LogP contribution in [-0.4, -0.2) is 48.9 Å². The lowest BCUT2D eigenvalue weighted by atomic mass is 9.86. The number of nitrogens with one attached hydrogen (secondary N) is 3. The summed E-state index contributed by atoms with van der Waals surface area (Å²) in [6.45, 7) is 7.83. The molecule has 0 saturated heterocycles.